The molecule has 15 heavy (non-hydrogen) atoms. The summed E-state index contributed by atoms with van der Waals surface area (Å²) >= 11 is 0. The lowest BCUT2D eigenvalue weighted by Gasteiger charge is -2.23. The van der Waals surface area contributed by atoms with Gasteiger partial charge in [0, 0.05) is 5.56 Å². The molecule has 1 aromatic carbocycles. The second-order valence-corrected chi connectivity index (χ2v) is 3.33. The number of hydrogen-bond acceptors (Lipinski definition) is 3. The van der Waals surface area contributed by atoms with Gasteiger partial charge in [-0.05, 0) is 13.1 Å². The number of aliphatic hydroxyl groups is 1. The molecule has 0 amide bonds. The van der Waals surface area contributed by atoms with Crippen LogP contribution in [0.25, 0.3) is 0 Å². The van der Waals surface area contributed by atoms with Gasteiger partial charge in [-0.25, -0.2) is 0 Å². The van der Waals surface area contributed by atoms with E-state index in [4.69, 9.17) is 0 Å². The minimum absolute atomic E-state index is 0.237. The van der Waals surface area contributed by atoms with Crippen LogP contribution in [0.1, 0.15) is 24.2 Å². The molecule has 1 unspecified atom stereocenters. The molecule has 3 heteroatoms. The fraction of sp³-hybridized carbons (Fsp3) is 0.417. The Morgan fingerprint density at radius 3 is 2.27 bits per heavy atom. The summed E-state index contributed by atoms with van der Waals surface area (Å²) in [4.78, 5) is 13.5. The summed E-state index contributed by atoms with van der Waals surface area (Å²) in [6.45, 7) is 5.17. The largest absolute Gasteiger partial charge is 0.371 e. The molecule has 0 heterocycles. The van der Waals surface area contributed by atoms with Gasteiger partial charge in [0.25, 0.3) is 0 Å². The average Bonchev–Trinajstić information content (AvgIpc) is 2.30. The van der Waals surface area contributed by atoms with Gasteiger partial charge in [-0.15, -0.1) is 0 Å². The topological polar surface area (TPSA) is 40.5 Å². The number of benzene rings is 1. The number of aliphatic hydroxyl groups excluding tert-OH is 1. The molecule has 0 fully saturated rings. The zero-order valence-corrected chi connectivity index (χ0v) is 9.18. The van der Waals surface area contributed by atoms with Crippen molar-refractivity contribution in [2.75, 3.05) is 13.1 Å². The molecule has 0 bridgehead atoms. The van der Waals surface area contributed by atoms with Crippen LogP contribution in [0.5, 0.6) is 0 Å². The number of carbonyl (C=O) groups excluding carboxylic acids is 1. The molecule has 0 spiro atoms. The molecule has 0 aromatic heterocycles. The van der Waals surface area contributed by atoms with E-state index >= 15 is 0 Å². The van der Waals surface area contributed by atoms with E-state index in [1.807, 2.05) is 19.9 Å². The Kier molecular flexibility index (Phi) is 4.46. The lowest BCUT2D eigenvalue weighted by molar-refractivity contribution is 0.0155. The van der Waals surface area contributed by atoms with Crippen molar-refractivity contribution in [1.29, 1.82) is 0 Å². The summed E-state index contributed by atoms with van der Waals surface area (Å²) in [5.74, 6) is -0.237. The number of hydrogen-bond donors (Lipinski definition) is 1. The van der Waals surface area contributed by atoms with Crippen LogP contribution >= 0.6 is 0 Å². The summed E-state index contributed by atoms with van der Waals surface area (Å²) in [6.07, 6.45) is -1.03. The number of ketones is 1. The zero-order chi connectivity index (χ0) is 11.3. The molecule has 82 valence electrons. The van der Waals surface area contributed by atoms with Crippen molar-refractivity contribution in [3.8, 4) is 0 Å². The van der Waals surface area contributed by atoms with Crippen molar-refractivity contribution in [3.63, 3.8) is 0 Å². The lowest BCUT2D eigenvalue weighted by atomic mass is 10.1. The Morgan fingerprint density at radius 2 is 1.80 bits per heavy atom. The molecule has 1 atom stereocenters. The van der Waals surface area contributed by atoms with E-state index in [1.165, 1.54) is 0 Å². The first-order chi connectivity index (χ1) is 7.20. The highest BCUT2D eigenvalue weighted by atomic mass is 16.3. The van der Waals surface area contributed by atoms with Gasteiger partial charge in [0.05, 0.1) is 0 Å². The highest BCUT2D eigenvalue weighted by Crippen LogP contribution is 2.06. The van der Waals surface area contributed by atoms with Crippen LogP contribution in [0.3, 0.4) is 0 Å². The van der Waals surface area contributed by atoms with E-state index in [-0.39, 0.29) is 5.78 Å². The molecular weight excluding hydrogens is 190 g/mol. The van der Waals surface area contributed by atoms with Crippen molar-refractivity contribution >= 4 is 5.78 Å². The number of nitrogens with zero attached hydrogens (tertiary/aromatic N) is 1. The quantitative estimate of drug-likeness (QED) is 0.588. The summed E-state index contributed by atoms with van der Waals surface area (Å²) in [7, 11) is 0. The molecule has 3 nitrogen and oxygen atoms in total. The van der Waals surface area contributed by atoms with Gasteiger partial charge in [0.1, 0.15) is 0 Å². The van der Waals surface area contributed by atoms with Crippen LogP contribution in [-0.2, 0) is 0 Å². The van der Waals surface area contributed by atoms with E-state index in [9.17, 15) is 9.90 Å². The first-order valence-corrected chi connectivity index (χ1v) is 5.22. The lowest BCUT2D eigenvalue weighted by Crippen LogP contribution is -2.40. The molecule has 0 aliphatic carbocycles. The first kappa shape index (κ1) is 11.9. The second-order valence-electron chi connectivity index (χ2n) is 3.33. The fourth-order valence-electron chi connectivity index (χ4n) is 1.49. The summed E-state index contributed by atoms with van der Waals surface area (Å²) in [6, 6.07) is 8.87. The third kappa shape index (κ3) is 2.88. The predicted octanol–water partition coefficient (Wildman–Crippen LogP) is 1.53. The zero-order valence-electron chi connectivity index (χ0n) is 9.18. The van der Waals surface area contributed by atoms with E-state index in [1.54, 1.807) is 29.2 Å². The Bertz CT molecular complexity index is 307. The SMILES string of the molecule is CCN(CC)C(O)C(=O)c1ccccc1. The Labute approximate surface area is 90.3 Å². The summed E-state index contributed by atoms with van der Waals surface area (Å²) in [5, 5.41) is 9.81. The molecule has 0 saturated heterocycles. The van der Waals surface area contributed by atoms with Crippen LogP contribution < -0.4 is 0 Å². The van der Waals surface area contributed by atoms with Gasteiger partial charge < -0.3 is 5.11 Å². The molecule has 0 aliphatic heterocycles. The average molecular weight is 207 g/mol. The third-order valence-corrected chi connectivity index (χ3v) is 2.45. The van der Waals surface area contributed by atoms with Crippen molar-refractivity contribution < 1.29 is 9.90 Å². The van der Waals surface area contributed by atoms with Crippen molar-refractivity contribution in [1.82, 2.24) is 4.90 Å². The van der Waals surface area contributed by atoms with E-state index in [2.05, 4.69) is 0 Å². The minimum atomic E-state index is -1.03. The van der Waals surface area contributed by atoms with E-state index in [0.29, 0.717) is 18.7 Å². The number of Topliss-reactive ketones (excluding diaryl/α,β-unsaturated/α-hetero) is 1. The molecule has 1 rings (SSSR count). The Morgan fingerprint density at radius 1 is 1.27 bits per heavy atom. The highest BCUT2D eigenvalue weighted by Gasteiger charge is 2.21. The van der Waals surface area contributed by atoms with Crippen molar-refractivity contribution in [2.45, 2.75) is 20.1 Å². The molecule has 0 aliphatic rings. The highest BCUT2D eigenvalue weighted by molar-refractivity contribution is 5.98. The van der Waals surface area contributed by atoms with Crippen molar-refractivity contribution in [3.05, 3.63) is 35.9 Å². The van der Waals surface area contributed by atoms with Gasteiger partial charge in [-0.2, -0.15) is 0 Å². The first-order valence-electron chi connectivity index (χ1n) is 5.22. The molecule has 0 saturated carbocycles. The predicted molar refractivity (Wildman–Crippen MR) is 59.7 cm³/mol. The fourth-order valence-corrected chi connectivity index (χ4v) is 1.49. The Balaban J connectivity index is 2.77. The normalized spacial score (nSPS) is 12.8. The minimum Gasteiger partial charge on any atom is -0.371 e. The Hall–Kier alpha value is -1.19. The van der Waals surface area contributed by atoms with Crippen LogP contribution in [0.4, 0.5) is 0 Å². The second kappa shape index (κ2) is 5.63. The van der Waals surface area contributed by atoms with Gasteiger partial charge in [-0.1, -0.05) is 44.2 Å². The third-order valence-electron chi connectivity index (χ3n) is 2.45. The maximum Gasteiger partial charge on any atom is 0.206 e. The van der Waals surface area contributed by atoms with Gasteiger partial charge in [-0.3, -0.25) is 9.69 Å². The standard InChI is InChI=1S/C12H17NO2/c1-3-13(4-2)12(15)11(14)10-8-6-5-7-9-10/h5-9,12,15H,3-4H2,1-2H3. The van der Waals surface area contributed by atoms with Gasteiger partial charge in [0.15, 0.2) is 6.23 Å². The maximum absolute atomic E-state index is 11.8. The number of carbonyl (C=O) groups is 1. The molecule has 0 radical (unpaired) electrons. The smallest absolute Gasteiger partial charge is 0.206 e. The van der Waals surface area contributed by atoms with Gasteiger partial charge >= 0.3 is 0 Å². The van der Waals surface area contributed by atoms with E-state index < -0.39 is 6.23 Å². The molecule has 1 N–H and O–H groups in total. The van der Waals surface area contributed by atoms with Crippen LogP contribution in [0.2, 0.25) is 0 Å². The van der Waals surface area contributed by atoms with Gasteiger partial charge in [0.2, 0.25) is 5.78 Å². The maximum atomic E-state index is 11.8. The molecular formula is C12H17NO2. The van der Waals surface area contributed by atoms with Crippen molar-refractivity contribution in [2.24, 2.45) is 0 Å². The van der Waals surface area contributed by atoms with Crippen LogP contribution in [0.15, 0.2) is 30.3 Å². The van der Waals surface area contributed by atoms with Crippen LogP contribution in [-0.4, -0.2) is 35.1 Å². The number of likely N-dealkylation sites (N-methyl/N-ethyl adjacent to an activating group) is 1. The van der Waals surface area contributed by atoms with E-state index in [0.717, 1.165) is 0 Å². The monoisotopic (exact) mass is 207 g/mol. The summed E-state index contributed by atoms with van der Waals surface area (Å²) in [5.41, 5.74) is 0.553. The number of rotatable bonds is 5. The van der Waals surface area contributed by atoms with Crippen LogP contribution in [0, 0.1) is 0 Å². The molecule has 1 aromatic rings. The summed E-state index contributed by atoms with van der Waals surface area (Å²) < 4.78 is 0.